The molecule has 2 fully saturated rings. The molecule has 4 rings (SSSR count). The van der Waals surface area contributed by atoms with Crippen LogP contribution >= 0.6 is 0 Å². The molecule has 5 atom stereocenters. The molecule has 14 heteroatoms. The molecule has 0 unspecified atom stereocenters. The van der Waals surface area contributed by atoms with Crippen molar-refractivity contribution in [2.24, 2.45) is 0 Å². The Morgan fingerprint density at radius 1 is 1.10 bits per heavy atom. The predicted octanol–water partition coefficient (Wildman–Crippen LogP) is 2.09. The molecule has 3 heterocycles. The summed E-state index contributed by atoms with van der Waals surface area (Å²) in [5.74, 6) is 0.141. The molecule has 0 bridgehead atoms. The van der Waals surface area contributed by atoms with E-state index in [0.29, 0.717) is 25.2 Å². The number of hydrogen-bond donors (Lipinski definition) is 3. The van der Waals surface area contributed by atoms with Gasteiger partial charge in [0, 0.05) is 30.9 Å². The molecular weight excluding hydrogens is 538 g/mol. The zero-order chi connectivity index (χ0) is 28.8. The summed E-state index contributed by atoms with van der Waals surface area (Å²) in [7, 11) is 0. The van der Waals surface area contributed by atoms with Crippen molar-refractivity contribution in [2.45, 2.75) is 76.5 Å². The molecule has 40 heavy (non-hydrogen) atoms. The molecule has 12 nitrogen and oxygen atoms in total. The highest BCUT2D eigenvalue weighted by molar-refractivity contribution is 5.59. The van der Waals surface area contributed by atoms with E-state index in [1.165, 1.54) is 12.1 Å². The summed E-state index contributed by atoms with van der Waals surface area (Å²) in [6, 6.07) is 6.17. The van der Waals surface area contributed by atoms with Crippen molar-refractivity contribution >= 4 is 6.16 Å². The van der Waals surface area contributed by atoms with E-state index in [4.69, 9.17) is 23.7 Å². The number of carbonyl (C=O) groups excluding carboxylic acids is 1. The van der Waals surface area contributed by atoms with Crippen molar-refractivity contribution in [3.63, 3.8) is 0 Å². The van der Waals surface area contributed by atoms with Crippen LogP contribution in [0.4, 0.5) is 13.6 Å². The molecule has 0 spiro atoms. The van der Waals surface area contributed by atoms with E-state index in [9.17, 15) is 28.9 Å². The lowest BCUT2D eigenvalue weighted by molar-refractivity contribution is -0.278. The first-order chi connectivity index (χ1) is 19.2. The van der Waals surface area contributed by atoms with Gasteiger partial charge in [-0.3, -0.25) is 4.68 Å². The predicted molar refractivity (Wildman–Crippen MR) is 132 cm³/mol. The van der Waals surface area contributed by atoms with Crippen LogP contribution in [0.3, 0.4) is 0 Å². The highest BCUT2D eigenvalue weighted by Crippen LogP contribution is 2.33. The maximum absolute atomic E-state index is 12.6. The van der Waals surface area contributed by atoms with Gasteiger partial charge in [0.1, 0.15) is 36.8 Å². The number of hydrogen-bond acceptors (Lipinski definition) is 11. The zero-order valence-electron chi connectivity index (χ0n) is 22.2. The molecule has 1 aromatic heterocycles. The van der Waals surface area contributed by atoms with Crippen molar-refractivity contribution in [3.8, 4) is 11.6 Å². The van der Waals surface area contributed by atoms with Crippen LogP contribution in [0.1, 0.15) is 42.6 Å². The second kappa shape index (κ2) is 13.5. The van der Waals surface area contributed by atoms with Crippen molar-refractivity contribution in [2.75, 3.05) is 26.4 Å². The molecular formula is C26H34F2N2O10. The molecule has 2 aliphatic heterocycles. The Labute approximate surface area is 229 Å². The summed E-state index contributed by atoms with van der Waals surface area (Å²) in [6.07, 6.45) is -6.81. The quantitative estimate of drug-likeness (QED) is 0.359. The number of halogens is 2. The van der Waals surface area contributed by atoms with Crippen LogP contribution in [0.5, 0.6) is 11.6 Å². The SMILES string of the molecule is CCOC(=O)OC[C@H]1O[C@@H](Oc2nn(C3CCOCC3)c(C)c2Cc2ccc(OC(F)F)cc2)[C@H](O)[C@@H](O)[C@@H]1O. The van der Waals surface area contributed by atoms with E-state index in [-0.39, 0.29) is 24.3 Å². The number of carbonyl (C=O) groups is 1. The third kappa shape index (κ3) is 7.18. The third-order valence-electron chi connectivity index (χ3n) is 6.83. The van der Waals surface area contributed by atoms with Crippen LogP contribution in [-0.4, -0.2) is 95.0 Å². The van der Waals surface area contributed by atoms with Crippen LogP contribution in [0.25, 0.3) is 0 Å². The monoisotopic (exact) mass is 572 g/mol. The van der Waals surface area contributed by atoms with Gasteiger partial charge in [-0.15, -0.1) is 5.10 Å². The van der Waals surface area contributed by atoms with Gasteiger partial charge < -0.3 is 43.7 Å². The number of ether oxygens (including phenoxy) is 6. The van der Waals surface area contributed by atoms with E-state index >= 15 is 0 Å². The van der Waals surface area contributed by atoms with Gasteiger partial charge in [-0.05, 0) is 44.4 Å². The number of aliphatic hydroxyl groups is 3. The normalized spacial score (nSPS) is 25.6. The first-order valence-corrected chi connectivity index (χ1v) is 13.0. The Morgan fingerprint density at radius 2 is 1.80 bits per heavy atom. The topological polar surface area (TPSA) is 151 Å². The van der Waals surface area contributed by atoms with Crippen molar-refractivity contribution < 1.29 is 57.3 Å². The van der Waals surface area contributed by atoms with Gasteiger partial charge in [0.25, 0.3) is 0 Å². The number of benzene rings is 1. The highest BCUT2D eigenvalue weighted by Gasteiger charge is 2.46. The minimum absolute atomic E-state index is 0.0206. The molecule has 0 amide bonds. The minimum Gasteiger partial charge on any atom is -0.443 e. The van der Waals surface area contributed by atoms with Crippen molar-refractivity contribution in [1.82, 2.24) is 9.78 Å². The highest BCUT2D eigenvalue weighted by atomic mass is 19.3. The Morgan fingerprint density at radius 3 is 2.45 bits per heavy atom. The van der Waals surface area contributed by atoms with Gasteiger partial charge in [-0.2, -0.15) is 8.78 Å². The van der Waals surface area contributed by atoms with Gasteiger partial charge in [0.2, 0.25) is 12.2 Å². The summed E-state index contributed by atoms with van der Waals surface area (Å²) in [4.78, 5) is 11.6. The Bertz CT molecular complexity index is 1110. The molecule has 3 N–H and O–H groups in total. The summed E-state index contributed by atoms with van der Waals surface area (Å²) in [6.45, 7) is 1.29. The summed E-state index contributed by atoms with van der Waals surface area (Å²) >= 11 is 0. The van der Waals surface area contributed by atoms with Crippen molar-refractivity contribution in [3.05, 3.63) is 41.1 Å². The summed E-state index contributed by atoms with van der Waals surface area (Å²) < 4.78 is 58.2. The second-order valence-corrected chi connectivity index (χ2v) is 9.48. The first kappa shape index (κ1) is 29.9. The molecule has 222 valence electrons. The number of aliphatic hydroxyl groups excluding tert-OH is 3. The van der Waals surface area contributed by atoms with Gasteiger partial charge in [-0.25, -0.2) is 4.79 Å². The van der Waals surface area contributed by atoms with Gasteiger partial charge in [-0.1, -0.05) is 12.1 Å². The van der Waals surface area contributed by atoms with E-state index in [1.54, 1.807) is 19.1 Å². The van der Waals surface area contributed by atoms with Gasteiger partial charge >= 0.3 is 12.8 Å². The molecule has 2 aliphatic rings. The van der Waals surface area contributed by atoms with Crippen LogP contribution < -0.4 is 9.47 Å². The summed E-state index contributed by atoms with van der Waals surface area (Å²) in [5.41, 5.74) is 2.18. The standard InChI is InChI=1S/C26H34F2N2O10/c1-3-36-26(34)37-13-19-20(31)21(32)22(33)24(39-19)40-23-18(12-15-4-6-17(7-5-15)38-25(27)28)14(2)30(29-23)16-8-10-35-11-9-16/h4-7,16,19-22,24-25,31-33H,3,8-13H2,1-2H3/t19-,20-,21+,22-,24+/m1/s1. The lowest BCUT2D eigenvalue weighted by atomic mass is 9.99. The maximum atomic E-state index is 12.6. The van der Waals surface area contributed by atoms with Crippen molar-refractivity contribution in [1.29, 1.82) is 0 Å². The minimum atomic E-state index is -2.94. The lowest BCUT2D eigenvalue weighted by Crippen LogP contribution is -2.60. The Hall–Kier alpha value is -3.04. The molecule has 0 aliphatic carbocycles. The van der Waals surface area contributed by atoms with E-state index in [2.05, 4.69) is 9.84 Å². The molecule has 0 radical (unpaired) electrons. The van der Waals surface area contributed by atoms with Gasteiger partial charge in [0.05, 0.1) is 12.6 Å². The smallest absolute Gasteiger partial charge is 0.443 e. The molecule has 2 saturated heterocycles. The number of rotatable bonds is 10. The van der Waals surface area contributed by atoms with Crippen LogP contribution in [0.2, 0.25) is 0 Å². The lowest BCUT2D eigenvalue weighted by Gasteiger charge is -2.39. The largest absolute Gasteiger partial charge is 0.508 e. The van der Waals surface area contributed by atoms with Crippen LogP contribution in [-0.2, 0) is 25.4 Å². The Kier molecular flexibility index (Phi) is 10.1. The fraction of sp³-hybridized carbons (Fsp3) is 0.615. The number of alkyl halides is 2. The second-order valence-electron chi connectivity index (χ2n) is 9.48. The maximum Gasteiger partial charge on any atom is 0.508 e. The molecule has 1 aromatic carbocycles. The van der Waals surface area contributed by atoms with Gasteiger partial charge in [0.15, 0.2) is 0 Å². The fourth-order valence-corrected chi connectivity index (χ4v) is 4.67. The number of nitrogens with zero attached hydrogens (tertiary/aromatic N) is 2. The average molecular weight is 573 g/mol. The first-order valence-electron chi connectivity index (χ1n) is 13.0. The van der Waals surface area contributed by atoms with E-state index in [0.717, 1.165) is 24.1 Å². The van der Waals surface area contributed by atoms with E-state index in [1.807, 2.05) is 11.6 Å². The van der Waals surface area contributed by atoms with E-state index < -0.39 is 50.1 Å². The molecule has 2 aromatic rings. The fourth-order valence-electron chi connectivity index (χ4n) is 4.67. The molecule has 0 saturated carbocycles. The summed E-state index contributed by atoms with van der Waals surface area (Å²) in [5, 5.41) is 36.1. The Balaban J connectivity index is 1.58. The number of aromatic nitrogens is 2. The van der Waals surface area contributed by atoms with Crippen LogP contribution in [0, 0.1) is 6.92 Å². The average Bonchev–Trinajstić information content (AvgIpc) is 3.24. The third-order valence-corrected chi connectivity index (χ3v) is 6.83. The zero-order valence-corrected chi connectivity index (χ0v) is 22.2. The van der Waals surface area contributed by atoms with Crippen LogP contribution in [0.15, 0.2) is 24.3 Å².